The number of hydrogen-bond acceptors (Lipinski definition) is 9. The molecule has 1 aromatic rings. The smallest absolute Gasteiger partial charge is 0.305 e. The minimum absolute atomic E-state index is 0.0390. The van der Waals surface area contributed by atoms with Gasteiger partial charge in [-0.3, -0.25) is 38.4 Å². The second kappa shape index (κ2) is 20.5. The third-order valence-electron chi connectivity index (χ3n) is 10.7. The third kappa shape index (κ3) is 12.4. The molecule has 0 bridgehead atoms. The van der Waals surface area contributed by atoms with Crippen molar-refractivity contribution in [1.29, 1.82) is 0 Å². The average Bonchev–Trinajstić information content (AvgIpc) is 3.84. The number of carboxylic acid groups (broad SMARTS) is 1. The van der Waals surface area contributed by atoms with Crippen molar-refractivity contribution < 1.29 is 48.6 Å². The van der Waals surface area contributed by atoms with Gasteiger partial charge in [-0.2, -0.15) is 0 Å². The van der Waals surface area contributed by atoms with Crippen molar-refractivity contribution >= 4 is 47.3 Å². The maximum atomic E-state index is 14.3. The van der Waals surface area contributed by atoms with Crippen molar-refractivity contribution in [1.82, 2.24) is 36.4 Å². The Morgan fingerprint density at radius 1 is 0.586 bits per heavy atom. The summed E-state index contributed by atoms with van der Waals surface area (Å²) in [6, 6.07) is -2.47. The number of hydrogen-bond donors (Lipinski definition) is 7. The summed E-state index contributed by atoms with van der Waals surface area (Å²) in [6.45, 7) is 11.7. The number of amides is 7. The van der Waals surface area contributed by atoms with Gasteiger partial charge < -0.3 is 46.6 Å². The van der Waals surface area contributed by atoms with E-state index in [4.69, 9.17) is 0 Å². The number of phenolic OH excluding ortho intramolecular Hbond substituents is 1. The Labute approximate surface area is 339 Å². The molecular formula is C41H61N7O10. The summed E-state index contributed by atoms with van der Waals surface area (Å²) >= 11 is 0. The van der Waals surface area contributed by atoms with Crippen molar-refractivity contribution in [2.24, 2.45) is 17.8 Å². The number of aliphatic carboxylic acids is 1. The minimum Gasteiger partial charge on any atom is -0.508 e. The number of rotatable bonds is 10. The summed E-state index contributed by atoms with van der Waals surface area (Å²) in [4.78, 5) is 113. The summed E-state index contributed by atoms with van der Waals surface area (Å²) in [5.41, 5.74) is 0.509. The predicted octanol–water partition coefficient (Wildman–Crippen LogP) is 0.967. The highest BCUT2D eigenvalue weighted by atomic mass is 16.4. The summed E-state index contributed by atoms with van der Waals surface area (Å²) in [5, 5.41) is 33.2. The van der Waals surface area contributed by atoms with E-state index in [0.29, 0.717) is 24.8 Å². The number of phenols is 1. The Bertz CT molecular complexity index is 1680. The first-order chi connectivity index (χ1) is 27.3. The normalized spacial score (nSPS) is 27.1. The molecule has 3 heterocycles. The molecule has 1 aromatic carbocycles. The van der Waals surface area contributed by atoms with E-state index < -0.39 is 96.0 Å². The largest absolute Gasteiger partial charge is 0.508 e. The fourth-order valence-corrected chi connectivity index (χ4v) is 7.91. The van der Waals surface area contributed by atoms with Gasteiger partial charge in [0.1, 0.15) is 48.0 Å². The number of benzene rings is 1. The predicted molar refractivity (Wildman–Crippen MR) is 212 cm³/mol. The molecule has 0 aromatic heterocycles. The Morgan fingerprint density at radius 3 is 1.43 bits per heavy atom. The number of carbonyl (C=O) groups is 8. The monoisotopic (exact) mass is 811 g/mol. The van der Waals surface area contributed by atoms with Gasteiger partial charge in [0, 0.05) is 19.5 Å². The minimum atomic E-state index is -1.66. The summed E-state index contributed by atoms with van der Waals surface area (Å²) in [7, 11) is 0. The zero-order valence-electron chi connectivity index (χ0n) is 34.4. The molecule has 3 aliphatic rings. The van der Waals surface area contributed by atoms with Crippen LogP contribution in [-0.2, 0) is 44.8 Å². The van der Waals surface area contributed by atoms with E-state index >= 15 is 0 Å². The van der Waals surface area contributed by atoms with Gasteiger partial charge in [-0.25, -0.2) is 0 Å². The molecule has 17 heteroatoms. The number of carboxylic acids is 1. The Hall–Kier alpha value is -5.22. The van der Waals surface area contributed by atoms with Crippen LogP contribution in [-0.4, -0.2) is 123 Å². The van der Waals surface area contributed by atoms with E-state index in [1.807, 2.05) is 41.5 Å². The van der Waals surface area contributed by atoms with Crippen molar-refractivity contribution in [2.75, 3.05) is 13.1 Å². The molecule has 3 aliphatic heterocycles. The molecule has 0 unspecified atom stereocenters. The SMILES string of the molecule is CC(C)C[C@@H]1NC(=O)[C@H](Cc2ccc(O)cc2)NC(=O)[C@H](CC(=O)O)NC(=O)[C@@H]2CCCN2C(=O)[C@H](CC(C)C)NC(=O)[C@@H]2CCCN2C(=O)[C@H](CC(C)C)NC1=O. The third-order valence-corrected chi connectivity index (χ3v) is 10.7. The van der Waals surface area contributed by atoms with Crippen LogP contribution < -0.4 is 26.6 Å². The number of aromatic hydroxyl groups is 1. The van der Waals surface area contributed by atoms with Crippen molar-refractivity contribution in [3.8, 4) is 5.75 Å². The first-order valence-corrected chi connectivity index (χ1v) is 20.5. The highest BCUT2D eigenvalue weighted by Gasteiger charge is 2.43. The quantitative estimate of drug-likeness (QED) is 0.177. The zero-order valence-corrected chi connectivity index (χ0v) is 34.4. The molecule has 58 heavy (non-hydrogen) atoms. The maximum absolute atomic E-state index is 14.3. The molecule has 3 saturated heterocycles. The van der Waals surface area contributed by atoms with Crippen molar-refractivity contribution in [2.45, 2.75) is 142 Å². The molecule has 0 spiro atoms. The van der Waals surface area contributed by atoms with Crippen LogP contribution in [0.2, 0.25) is 0 Å². The fourth-order valence-electron chi connectivity index (χ4n) is 7.91. The molecule has 0 saturated carbocycles. The van der Waals surface area contributed by atoms with E-state index in [-0.39, 0.29) is 68.7 Å². The molecule has 7 amide bonds. The molecule has 0 aliphatic carbocycles. The van der Waals surface area contributed by atoms with Crippen molar-refractivity contribution in [3.63, 3.8) is 0 Å². The van der Waals surface area contributed by atoms with Crippen molar-refractivity contribution in [3.05, 3.63) is 29.8 Å². The molecule has 320 valence electrons. The van der Waals surface area contributed by atoms with E-state index in [0.717, 1.165) is 0 Å². The fraction of sp³-hybridized carbons (Fsp3) is 0.659. The molecule has 7 atom stereocenters. The topological polar surface area (TPSA) is 244 Å². The van der Waals surface area contributed by atoms with Crippen LogP contribution in [0.25, 0.3) is 0 Å². The molecule has 7 N–H and O–H groups in total. The average molecular weight is 812 g/mol. The molecule has 17 nitrogen and oxygen atoms in total. The number of nitrogens with zero attached hydrogens (tertiary/aromatic N) is 2. The van der Waals surface area contributed by atoms with E-state index in [1.165, 1.54) is 34.1 Å². The van der Waals surface area contributed by atoms with Gasteiger partial charge in [0.2, 0.25) is 41.4 Å². The zero-order chi connectivity index (χ0) is 42.8. The maximum Gasteiger partial charge on any atom is 0.305 e. The van der Waals surface area contributed by atoms with Gasteiger partial charge in [0.15, 0.2) is 0 Å². The summed E-state index contributed by atoms with van der Waals surface area (Å²) < 4.78 is 0. The first-order valence-electron chi connectivity index (χ1n) is 20.5. The van der Waals surface area contributed by atoms with Gasteiger partial charge in [-0.15, -0.1) is 0 Å². The van der Waals surface area contributed by atoms with Gasteiger partial charge in [0.05, 0.1) is 6.42 Å². The van der Waals surface area contributed by atoms with Crippen LogP contribution in [0.3, 0.4) is 0 Å². The van der Waals surface area contributed by atoms with Crippen LogP contribution in [0.1, 0.15) is 98.5 Å². The van der Waals surface area contributed by atoms with E-state index in [2.05, 4.69) is 26.6 Å². The number of fused-ring (bicyclic) bond motifs is 2. The van der Waals surface area contributed by atoms with Gasteiger partial charge in [0.25, 0.3) is 0 Å². The second-order valence-corrected chi connectivity index (χ2v) is 17.0. The van der Waals surface area contributed by atoms with Crippen LogP contribution in [0.4, 0.5) is 0 Å². The molecule has 0 radical (unpaired) electrons. The van der Waals surface area contributed by atoms with Gasteiger partial charge in [-0.05, 0) is 80.4 Å². The molecule has 3 fully saturated rings. The summed E-state index contributed by atoms with van der Waals surface area (Å²) in [5.74, 6) is -6.41. The highest BCUT2D eigenvalue weighted by molar-refractivity contribution is 5.99. The molecular weight excluding hydrogens is 750 g/mol. The Balaban J connectivity index is 1.80. The summed E-state index contributed by atoms with van der Waals surface area (Å²) in [6.07, 6.45) is 1.11. The molecule has 4 rings (SSSR count). The highest BCUT2D eigenvalue weighted by Crippen LogP contribution is 2.24. The Kier molecular flexibility index (Phi) is 16.0. The lowest BCUT2D eigenvalue weighted by atomic mass is 9.98. The number of carbonyl (C=O) groups excluding carboxylic acids is 7. The van der Waals surface area contributed by atoms with Gasteiger partial charge >= 0.3 is 5.97 Å². The van der Waals surface area contributed by atoms with E-state index in [1.54, 1.807) is 0 Å². The van der Waals surface area contributed by atoms with Crippen LogP contribution in [0, 0.1) is 17.8 Å². The lowest BCUT2D eigenvalue weighted by Gasteiger charge is -2.33. The standard InChI is InChI=1S/C41H61N7O10/c1-22(2)17-27-35(52)45-30(18-23(3)4)40(57)48-16-8-10-33(48)39(56)46-31(19-24(5)6)41(58)47-15-7-9-32(47)38(55)44-29(21-34(50)51)37(54)43-28(36(53)42-27)20-25-11-13-26(49)14-12-25/h11-14,22-24,27-33,49H,7-10,15-21H2,1-6H3,(H,42,53)(H,43,54)(H,44,55)(H,45,52)(H,46,56)(H,50,51)/t27-,28-,29-,30-,31-,32-,33-/m0/s1. The van der Waals surface area contributed by atoms with E-state index in [9.17, 15) is 48.6 Å². The van der Waals surface area contributed by atoms with Gasteiger partial charge in [-0.1, -0.05) is 53.7 Å². The van der Waals surface area contributed by atoms with Crippen LogP contribution in [0.15, 0.2) is 24.3 Å². The Morgan fingerprint density at radius 2 is 0.966 bits per heavy atom. The van der Waals surface area contributed by atoms with Crippen LogP contribution in [0.5, 0.6) is 5.75 Å². The lowest BCUT2D eigenvalue weighted by Crippen LogP contribution is -2.60. The number of nitrogens with one attached hydrogen (secondary N) is 5. The van der Waals surface area contributed by atoms with Crippen LogP contribution >= 0.6 is 0 Å². The lowest BCUT2D eigenvalue weighted by molar-refractivity contribution is -0.145. The first kappa shape index (κ1) is 45.5. The second-order valence-electron chi connectivity index (χ2n) is 17.0.